The van der Waals surface area contributed by atoms with Crippen LogP contribution in [0.4, 0.5) is 24.5 Å². The van der Waals surface area contributed by atoms with E-state index >= 15 is 0 Å². The summed E-state index contributed by atoms with van der Waals surface area (Å²) >= 11 is 6.82. The lowest BCUT2D eigenvalue weighted by molar-refractivity contribution is -0.384. The minimum absolute atomic E-state index is 0.103. The Bertz CT molecular complexity index is 1420. The van der Waals surface area contributed by atoms with Crippen molar-refractivity contribution in [1.29, 1.82) is 0 Å². The second-order valence-electron chi connectivity index (χ2n) is 7.10. The number of nitrogens with zero attached hydrogens (tertiary/aromatic N) is 4. The SMILES string of the molecule is O=[N+]([O-])c1ccc(Sc2nc(-c3ccccc3)cc(C(F)(F)F)n2)c(C=Nc2cccc(Cl)c2)c1. The van der Waals surface area contributed by atoms with Crippen LogP contribution in [0.5, 0.6) is 0 Å². The van der Waals surface area contributed by atoms with Crippen molar-refractivity contribution < 1.29 is 18.1 Å². The Hall–Kier alpha value is -3.76. The molecule has 0 fully saturated rings. The van der Waals surface area contributed by atoms with Gasteiger partial charge < -0.3 is 0 Å². The van der Waals surface area contributed by atoms with Crippen molar-refractivity contribution in [2.45, 2.75) is 16.2 Å². The Morgan fingerprint density at radius 1 is 0.971 bits per heavy atom. The van der Waals surface area contributed by atoms with E-state index in [4.69, 9.17) is 11.6 Å². The third kappa shape index (κ3) is 6.23. The molecular weight excluding hydrogens is 501 g/mol. The molecule has 0 saturated heterocycles. The van der Waals surface area contributed by atoms with Crippen LogP contribution in [0.25, 0.3) is 11.3 Å². The largest absolute Gasteiger partial charge is 0.433 e. The summed E-state index contributed by atoms with van der Waals surface area (Å²) in [6, 6.07) is 19.9. The van der Waals surface area contributed by atoms with Gasteiger partial charge in [-0.25, -0.2) is 9.97 Å². The van der Waals surface area contributed by atoms with Gasteiger partial charge in [-0.2, -0.15) is 13.2 Å². The van der Waals surface area contributed by atoms with Crippen molar-refractivity contribution in [2.75, 3.05) is 0 Å². The Kier molecular flexibility index (Phi) is 7.13. The number of rotatable bonds is 6. The normalized spacial score (nSPS) is 11.7. The number of non-ortho nitro benzene ring substituents is 1. The molecule has 0 saturated carbocycles. The van der Waals surface area contributed by atoms with E-state index in [-0.39, 0.29) is 16.5 Å². The van der Waals surface area contributed by atoms with Crippen LogP contribution in [0.1, 0.15) is 11.3 Å². The standard InChI is InChI=1S/C24H14ClF3N4O2S/c25-17-7-4-8-18(12-17)29-14-16-11-19(32(33)34)9-10-21(16)35-23-30-20(15-5-2-1-3-6-15)13-22(31-23)24(26,27)28/h1-14H. The number of nitro benzene ring substituents is 1. The third-order valence-electron chi connectivity index (χ3n) is 4.63. The molecule has 0 amide bonds. The third-order valence-corrected chi connectivity index (χ3v) is 5.82. The molecule has 0 radical (unpaired) electrons. The molecule has 6 nitrogen and oxygen atoms in total. The Labute approximate surface area is 206 Å². The number of halogens is 4. The smallest absolute Gasteiger partial charge is 0.258 e. The van der Waals surface area contributed by atoms with Crippen molar-refractivity contribution in [3.63, 3.8) is 0 Å². The van der Waals surface area contributed by atoms with Crippen LogP contribution >= 0.6 is 23.4 Å². The average Bonchev–Trinajstić information content (AvgIpc) is 2.83. The fourth-order valence-electron chi connectivity index (χ4n) is 3.01. The molecule has 0 unspecified atom stereocenters. The lowest BCUT2D eigenvalue weighted by Crippen LogP contribution is -2.10. The van der Waals surface area contributed by atoms with Gasteiger partial charge in [-0.05, 0) is 42.1 Å². The second-order valence-corrected chi connectivity index (χ2v) is 8.55. The molecular formula is C24H14ClF3N4O2S. The lowest BCUT2D eigenvalue weighted by Gasteiger charge is -2.11. The first-order valence-corrected chi connectivity index (χ1v) is 11.2. The fourth-order valence-corrected chi connectivity index (χ4v) is 4.05. The molecule has 4 aromatic rings. The maximum absolute atomic E-state index is 13.6. The first-order valence-electron chi connectivity index (χ1n) is 9.97. The minimum atomic E-state index is -4.69. The van der Waals surface area contributed by atoms with Crippen molar-refractivity contribution in [3.05, 3.63) is 105 Å². The van der Waals surface area contributed by atoms with E-state index in [0.717, 1.165) is 17.8 Å². The minimum Gasteiger partial charge on any atom is -0.258 e. The highest BCUT2D eigenvalue weighted by atomic mass is 35.5. The monoisotopic (exact) mass is 514 g/mol. The van der Waals surface area contributed by atoms with Crippen LogP contribution in [-0.4, -0.2) is 21.1 Å². The molecule has 1 aromatic heterocycles. The lowest BCUT2D eigenvalue weighted by atomic mass is 10.1. The van der Waals surface area contributed by atoms with E-state index in [1.54, 1.807) is 54.6 Å². The van der Waals surface area contributed by atoms with Gasteiger partial charge in [-0.3, -0.25) is 15.1 Å². The van der Waals surface area contributed by atoms with Crippen LogP contribution in [0.15, 0.2) is 93.9 Å². The Morgan fingerprint density at radius 3 is 2.43 bits per heavy atom. The predicted octanol–water partition coefficient (Wildman–Crippen LogP) is 7.63. The number of hydrogen-bond donors (Lipinski definition) is 0. The summed E-state index contributed by atoms with van der Waals surface area (Å²) in [5, 5.41) is 11.6. The van der Waals surface area contributed by atoms with Gasteiger partial charge in [0.05, 0.1) is 16.3 Å². The zero-order valence-corrected chi connectivity index (χ0v) is 19.2. The van der Waals surface area contributed by atoms with Crippen molar-refractivity contribution in [3.8, 4) is 11.3 Å². The highest BCUT2D eigenvalue weighted by Crippen LogP contribution is 2.35. The van der Waals surface area contributed by atoms with E-state index in [0.29, 0.717) is 26.7 Å². The second kappa shape index (κ2) is 10.2. The summed E-state index contributed by atoms with van der Waals surface area (Å²) in [6.07, 6.45) is -3.30. The van der Waals surface area contributed by atoms with Crippen LogP contribution < -0.4 is 0 Å². The maximum Gasteiger partial charge on any atom is 0.433 e. The molecule has 11 heteroatoms. The van der Waals surface area contributed by atoms with Crippen LogP contribution in [0.2, 0.25) is 5.02 Å². The van der Waals surface area contributed by atoms with E-state index in [1.807, 2.05) is 0 Å². The van der Waals surface area contributed by atoms with Crippen molar-refractivity contribution >= 4 is 41.0 Å². The van der Waals surface area contributed by atoms with Crippen LogP contribution in [-0.2, 0) is 6.18 Å². The van der Waals surface area contributed by atoms with Gasteiger partial charge in [0.25, 0.3) is 5.69 Å². The molecule has 3 aromatic carbocycles. The average molecular weight is 515 g/mol. The summed E-state index contributed by atoms with van der Waals surface area (Å²) in [6.45, 7) is 0. The molecule has 0 spiro atoms. The van der Waals surface area contributed by atoms with Gasteiger partial charge in [0.15, 0.2) is 5.16 Å². The fraction of sp³-hybridized carbons (Fsp3) is 0.0417. The molecule has 0 bridgehead atoms. The Balaban J connectivity index is 1.77. The zero-order chi connectivity index (χ0) is 25.0. The summed E-state index contributed by atoms with van der Waals surface area (Å²) in [5.41, 5.74) is 0.120. The van der Waals surface area contributed by atoms with Crippen LogP contribution in [0, 0.1) is 10.1 Å². The molecule has 0 N–H and O–H groups in total. The van der Waals surface area contributed by atoms with E-state index in [1.165, 1.54) is 24.4 Å². The number of alkyl halides is 3. The number of benzene rings is 3. The van der Waals surface area contributed by atoms with Crippen LogP contribution in [0.3, 0.4) is 0 Å². The molecule has 0 atom stereocenters. The van der Waals surface area contributed by atoms with Gasteiger partial charge in [0.2, 0.25) is 0 Å². The number of nitro groups is 1. The molecule has 4 rings (SSSR count). The highest BCUT2D eigenvalue weighted by molar-refractivity contribution is 7.99. The number of aromatic nitrogens is 2. The molecule has 35 heavy (non-hydrogen) atoms. The summed E-state index contributed by atoms with van der Waals surface area (Å²) in [4.78, 5) is 23.4. The summed E-state index contributed by atoms with van der Waals surface area (Å²) < 4.78 is 40.7. The van der Waals surface area contributed by atoms with E-state index in [9.17, 15) is 23.3 Å². The molecule has 0 aliphatic rings. The first kappa shape index (κ1) is 24.4. The summed E-state index contributed by atoms with van der Waals surface area (Å²) in [5.74, 6) is 0. The van der Waals surface area contributed by atoms with Gasteiger partial charge in [-0.1, -0.05) is 48.0 Å². The molecule has 1 heterocycles. The quantitative estimate of drug-likeness (QED) is 0.114. The van der Waals surface area contributed by atoms with E-state index in [2.05, 4.69) is 15.0 Å². The number of hydrogen-bond acceptors (Lipinski definition) is 6. The predicted molar refractivity (Wildman–Crippen MR) is 128 cm³/mol. The molecule has 0 aliphatic carbocycles. The maximum atomic E-state index is 13.6. The van der Waals surface area contributed by atoms with Gasteiger partial charge >= 0.3 is 6.18 Å². The first-order chi connectivity index (χ1) is 16.7. The highest BCUT2D eigenvalue weighted by Gasteiger charge is 2.34. The molecule has 176 valence electrons. The molecule has 0 aliphatic heterocycles. The van der Waals surface area contributed by atoms with Gasteiger partial charge in [0.1, 0.15) is 5.69 Å². The summed E-state index contributed by atoms with van der Waals surface area (Å²) in [7, 11) is 0. The van der Waals surface area contributed by atoms with Gasteiger partial charge in [0, 0.05) is 39.4 Å². The van der Waals surface area contributed by atoms with Crippen molar-refractivity contribution in [1.82, 2.24) is 9.97 Å². The number of aliphatic imine (C=N–C) groups is 1. The van der Waals surface area contributed by atoms with Crippen molar-refractivity contribution in [2.24, 2.45) is 4.99 Å². The van der Waals surface area contributed by atoms with E-state index < -0.39 is 16.8 Å². The Morgan fingerprint density at radius 2 is 1.74 bits per heavy atom. The topological polar surface area (TPSA) is 81.3 Å². The van der Waals surface area contributed by atoms with Gasteiger partial charge in [-0.15, -0.1) is 0 Å². The zero-order valence-electron chi connectivity index (χ0n) is 17.6.